The molecule has 0 saturated heterocycles. The Morgan fingerprint density at radius 1 is 1.16 bits per heavy atom. The van der Waals surface area contributed by atoms with Crippen molar-refractivity contribution < 1.29 is 0 Å². The molecule has 19 heavy (non-hydrogen) atoms. The van der Waals surface area contributed by atoms with Crippen LogP contribution < -0.4 is 0 Å². The van der Waals surface area contributed by atoms with Crippen molar-refractivity contribution in [2.24, 2.45) is 0 Å². The van der Waals surface area contributed by atoms with Crippen molar-refractivity contribution in [3.8, 4) is 11.4 Å². The van der Waals surface area contributed by atoms with Crippen LogP contribution in [-0.2, 0) is 0 Å². The molecule has 1 aromatic carbocycles. The normalized spacial score (nSPS) is 11.0. The molecular formula is C15H17ClN2S. The number of rotatable bonds is 4. The Bertz CT molecular complexity index is 553. The fourth-order valence-electron chi connectivity index (χ4n) is 1.73. The standard InChI is InChI=1S/C15H17ClN2S/c1-4-19-12-7-5-11(6-8-12)15-17-13(10(2)3)9-14(16)18-15/h5-10H,4H2,1-3H3. The molecule has 4 heteroatoms. The highest BCUT2D eigenvalue weighted by Crippen LogP contribution is 2.24. The summed E-state index contributed by atoms with van der Waals surface area (Å²) in [5.41, 5.74) is 1.98. The van der Waals surface area contributed by atoms with E-state index in [-0.39, 0.29) is 0 Å². The zero-order chi connectivity index (χ0) is 13.8. The van der Waals surface area contributed by atoms with Gasteiger partial charge in [0.25, 0.3) is 0 Å². The Morgan fingerprint density at radius 3 is 2.42 bits per heavy atom. The van der Waals surface area contributed by atoms with Crippen molar-refractivity contribution in [1.82, 2.24) is 9.97 Å². The molecule has 0 bridgehead atoms. The maximum Gasteiger partial charge on any atom is 0.161 e. The average molecular weight is 293 g/mol. The Kier molecular flexibility index (Phi) is 4.83. The second kappa shape index (κ2) is 6.40. The van der Waals surface area contributed by atoms with Crippen LogP contribution in [0.4, 0.5) is 0 Å². The van der Waals surface area contributed by atoms with E-state index >= 15 is 0 Å². The second-order valence-electron chi connectivity index (χ2n) is 4.55. The molecular weight excluding hydrogens is 276 g/mol. The van der Waals surface area contributed by atoms with Crippen LogP contribution in [-0.4, -0.2) is 15.7 Å². The van der Waals surface area contributed by atoms with Gasteiger partial charge in [0.15, 0.2) is 5.82 Å². The van der Waals surface area contributed by atoms with Gasteiger partial charge in [-0.05, 0) is 29.9 Å². The van der Waals surface area contributed by atoms with Gasteiger partial charge in [0.1, 0.15) is 5.15 Å². The Hall–Kier alpha value is -1.06. The summed E-state index contributed by atoms with van der Waals surface area (Å²) in [6.07, 6.45) is 0. The summed E-state index contributed by atoms with van der Waals surface area (Å²) in [4.78, 5) is 10.1. The van der Waals surface area contributed by atoms with Crippen molar-refractivity contribution in [3.63, 3.8) is 0 Å². The van der Waals surface area contributed by atoms with Crippen molar-refractivity contribution >= 4 is 23.4 Å². The van der Waals surface area contributed by atoms with Crippen molar-refractivity contribution in [2.75, 3.05) is 5.75 Å². The van der Waals surface area contributed by atoms with E-state index in [1.807, 2.05) is 30.0 Å². The molecule has 2 rings (SSSR count). The van der Waals surface area contributed by atoms with Crippen LogP contribution in [0.15, 0.2) is 35.2 Å². The quantitative estimate of drug-likeness (QED) is 0.584. The molecule has 0 N–H and O–H groups in total. The fourth-order valence-corrected chi connectivity index (χ4v) is 2.58. The van der Waals surface area contributed by atoms with Crippen molar-refractivity contribution in [2.45, 2.75) is 31.6 Å². The van der Waals surface area contributed by atoms with Crippen molar-refractivity contribution in [3.05, 3.63) is 41.2 Å². The van der Waals surface area contributed by atoms with Crippen LogP contribution >= 0.6 is 23.4 Å². The third kappa shape index (κ3) is 3.71. The lowest BCUT2D eigenvalue weighted by Crippen LogP contribution is -1.98. The zero-order valence-corrected chi connectivity index (χ0v) is 12.9. The van der Waals surface area contributed by atoms with E-state index in [0.29, 0.717) is 16.9 Å². The summed E-state index contributed by atoms with van der Waals surface area (Å²) in [5.74, 6) is 2.11. The topological polar surface area (TPSA) is 25.8 Å². The van der Waals surface area contributed by atoms with E-state index in [0.717, 1.165) is 17.0 Å². The van der Waals surface area contributed by atoms with Crippen LogP contribution in [0.3, 0.4) is 0 Å². The van der Waals surface area contributed by atoms with Gasteiger partial charge in [-0.3, -0.25) is 0 Å². The lowest BCUT2D eigenvalue weighted by molar-refractivity contribution is 0.817. The third-order valence-corrected chi connectivity index (χ3v) is 3.82. The van der Waals surface area contributed by atoms with Crippen LogP contribution in [0.2, 0.25) is 5.15 Å². The minimum absolute atomic E-state index is 0.342. The average Bonchev–Trinajstić information content (AvgIpc) is 2.39. The lowest BCUT2D eigenvalue weighted by Gasteiger charge is -2.08. The first-order valence-electron chi connectivity index (χ1n) is 6.38. The van der Waals surface area contributed by atoms with E-state index in [1.54, 1.807) is 0 Å². The largest absolute Gasteiger partial charge is 0.233 e. The van der Waals surface area contributed by atoms with Gasteiger partial charge in [0.05, 0.1) is 0 Å². The fraction of sp³-hybridized carbons (Fsp3) is 0.333. The maximum absolute atomic E-state index is 6.07. The SMILES string of the molecule is CCSc1ccc(-c2nc(Cl)cc(C(C)C)n2)cc1. The minimum atomic E-state index is 0.342. The van der Waals surface area contributed by atoms with Crippen molar-refractivity contribution in [1.29, 1.82) is 0 Å². The predicted octanol–water partition coefficient (Wildman–Crippen LogP) is 5.03. The van der Waals surface area contributed by atoms with Gasteiger partial charge in [-0.25, -0.2) is 9.97 Å². The van der Waals surface area contributed by atoms with Gasteiger partial charge in [0, 0.05) is 16.2 Å². The molecule has 0 aliphatic heterocycles. The third-order valence-electron chi connectivity index (χ3n) is 2.73. The van der Waals surface area contributed by atoms with Gasteiger partial charge in [-0.1, -0.05) is 44.5 Å². The molecule has 2 aromatic rings. The summed E-state index contributed by atoms with van der Waals surface area (Å²) in [7, 11) is 0. The van der Waals surface area contributed by atoms with Gasteiger partial charge < -0.3 is 0 Å². The van der Waals surface area contributed by atoms with Crippen LogP contribution in [0, 0.1) is 0 Å². The number of aromatic nitrogens is 2. The van der Waals surface area contributed by atoms with Gasteiger partial charge in [0.2, 0.25) is 0 Å². The summed E-state index contributed by atoms with van der Waals surface area (Å²) in [6, 6.07) is 10.1. The molecule has 0 aliphatic carbocycles. The minimum Gasteiger partial charge on any atom is -0.233 e. The molecule has 0 unspecified atom stereocenters. The Morgan fingerprint density at radius 2 is 1.84 bits per heavy atom. The predicted molar refractivity (Wildman–Crippen MR) is 83.0 cm³/mol. The molecule has 2 nitrogen and oxygen atoms in total. The molecule has 0 spiro atoms. The van der Waals surface area contributed by atoms with Gasteiger partial charge >= 0.3 is 0 Å². The molecule has 0 fully saturated rings. The first-order valence-corrected chi connectivity index (χ1v) is 7.74. The molecule has 0 aliphatic rings. The Balaban J connectivity index is 2.35. The molecule has 0 saturated carbocycles. The second-order valence-corrected chi connectivity index (χ2v) is 6.28. The number of benzene rings is 1. The highest BCUT2D eigenvalue weighted by atomic mass is 35.5. The van der Waals surface area contributed by atoms with Crippen LogP contribution in [0.1, 0.15) is 32.4 Å². The molecule has 100 valence electrons. The van der Waals surface area contributed by atoms with E-state index < -0.39 is 0 Å². The summed E-state index contributed by atoms with van der Waals surface area (Å²) in [5, 5.41) is 0.501. The zero-order valence-electron chi connectivity index (χ0n) is 11.4. The molecule has 0 radical (unpaired) electrons. The first kappa shape index (κ1) is 14.4. The first-order chi connectivity index (χ1) is 9.10. The van der Waals surface area contributed by atoms with Gasteiger partial charge in [-0.2, -0.15) is 0 Å². The highest BCUT2D eigenvalue weighted by molar-refractivity contribution is 7.99. The number of halogens is 1. The Labute approximate surface area is 123 Å². The van der Waals surface area contributed by atoms with E-state index in [4.69, 9.17) is 11.6 Å². The van der Waals surface area contributed by atoms with E-state index in [1.165, 1.54) is 4.90 Å². The summed E-state index contributed by atoms with van der Waals surface area (Å²) in [6.45, 7) is 6.35. The number of hydrogen-bond acceptors (Lipinski definition) is 3. The molecule has 0 atom stereocenters. The monoisotopic (exact) mass is 292 g/mol. The molecule has 0 amide bonds. The van der Waals surface area contributed by atoms with Gasteiger partial charge in [-0.15, -0.1) is 11.8 Å². The molecule has 1 aromatic heterocycles. The lowest BCUT2D eigenvalue weighted by atomic mass is 10.1. The smallest absolute Gasteiger partial charge is 0.161 e. The summed E-state index contributed by atoms with van der Waals surface area (Å²) < 4.78 is 0. The number of nitrogens with zero attached hydrogens (tertiary/aromatic N) is 2. The van der Waals surface area contributed by atoms with Crippen LogP contribution in [0.25, 0.3) is 11.4 Å². The highest BCUT2D eigenvalue weighted by Gasteiger charge is 2.08. The number of hydrogen-bond donors (Lipinski definition) is 0. The van der Waals surface area contributed by atoms with E-state index in [9.17, 15) is 0 Å². The summed E-state index contributed by atoms with van der Waals surface area (Å²) >= 11 is 7.89. The van der Waals surface area contributed by atoms with Crippen LogP contribution in [0.5, 0.6) is 0 Å². The number of thioether (sulfide) groups is 1. The molecule has 1 heterocycles. The maximum atomic E-state index is 6.07. The van der Waals surface area contributed by atoms with E-state index in [2.05, 4.69) is 42.9 Å².